The molecule has 4 aromatic rings. The maximum Gasteiger partial charge on any atom is 0.216 e. The second-order valence-corrected chi connectivity index (χ2v) is 8.22. The quantitative estimate of drug-likeness (QED) is 0.414. The minimum absolute atomic E-state index is 0.310. The fourth-order valence-corrected chi connectivity index (χ4v) is 4.43. The van der Waals surface area contributed by atoms with Crippen molar-refractivity contribution in [2.75, 3.05) is 13.2 Å². The maximum absolute atomic E-state index is 6.51. The molecule has 1 aliphatic rings. The van der Waals surface area contributed by atoms with Gasteiger partial charge in [-0.15, -0.1) is 0 Å². The SMILES string of the molecule is Clc1cccc(Cl)c1C1(Cn2ccnc2)OCC(COc2ccc(-c3ncc[nH]3)cc2)O1. The maximum atomic E-state index is 6.51. The minimum atomic E-state index is -1.15. The average Bonchev–Trinajstić information content (AvgIpc) is 3.56. The number of hydrogen-bond acceptors (Lipinski definition) is 5. The topological polar surface area (TPSA) is 74.2 Å². The molecule has 0 saturated carbocycles. The molecule has 0 aliphatic carbocycles. The molecule has 3 heterocycles. The van der Waals surface area contributed by atoms with Gasteiger partial charge < -0.3 is 23.8 Å². The molecule has 164 valence electrons. The molecular weight excluding hydrogens is 451 g/mol. The van der Waals surface area contributed by atoms with Crippen molar-refractivity contribution in [1.82, 2.24) is 19.5 Å². The van der Waals surface area contributed by atoms with Crippen molar-refractivity contribution in [3.8, 4) is 17.1 Å². The number of rotatable bonds is 7. The number of nitrogens with zero attached hydrogens (tertiary/aromatic N) is 3. The summed E-state index contributed by atoms with van der Waals surface area (Å²) in [4.78, 5) is 11.4. The van der Waals surface area contributed by atoms with Crippen LogP contribution in [0.5, 0.6) is 5.75 Å². The van der Waals surface area contributed by atoms with Gasteiger partial charge in [-0.2, -0.15) is 0 Å². The molecule has 0 amide bonds. The number of benzene rings is 2. The van der Waals surface area contributed by atoms with Gasteiger partial charge in [-0.25, -0.2) is 9.97 Å². The van der Waals surface area contributed by atoms with Crippen molar-refractivity contribution in [3.63, 3.8) is 0 Å². The molecule has 0 spiro atoms. The van der Waals surface area contributed by atoms with Gasteiger partial charge in [0.05, 0.1) is 35.1 Å². The second kappa shape index (κ2) is 8.96. The van der Waals surface area contributed by atoms with Gasteiger partial charge in [0.2, 0.25) is 5.79 Å². The van der Waals surface area contributed by atoms with Crippen molar-refractivity contribution in [2.45, 2.75) is 18.4 Å². The Bertz CT molecular complexity index is 1150. The van der Waals surface area contributed by atoms with Crippen LogP contribution in [0.4, 0.5) is 0 Å². The van der Waals surface area contributed by atoms with Crippen LogP contribution in [0.3, 0.4) is 0 Å². The Morgan fingerprint density at radius 1 is 1.12 bits per heavy atom. The number of halogens is 2. The highest BCUT2D eigenvalue weighted by Gasteiger charge is 2.46. The van der Waals surface area contributed by atoms with Gasteiger partial charge in [0, 0.05) is 30.4 Å². The van der Waals surface area contributed by atoms with Crippen molar-refractivity contribution in [3.05, 3.63) is 89.2 Å². The van der Waals surface area contributed by atoms with E-state index in [-0.39, 0.29) is 6.10 Å². The standard InChI is InChI=1S/C23H20Cl2N4O3/c24-19-2-1-3-20(25)21(19)23(14-29-11-10-26-15-29)31-13-18(32-23)12-30-17-6-4-16(5-7-17)22-27-8-9-28-22/h1-11,15,18H,12-14H2,(H,27,28). The van der Waals surface area contributed by atoms with Gasteiger partial charge in [0.15, 0.2) is 0 Å². The normalized spacial score (nSPS) is 20.5. The highest BCUT2D eigenvalue weighted by Crippen LogP contribution is 2.43. The number of H-pyrrole nitrogens is 1. The summed E-state index contributed by atoms with van der Waals surface area (Å²) < 4.78 is 20.4. The fraction of sp³-hybridized carbons (Fsp3) is 0.217. The summed E-state index contributed by atoms with van der Waals surface area (Å²) in [5.41, 5.74) is 1.58. The number of hydrogen-bond donors (Lipinski definition) is 1. The van der Waals surface area contributed by atoms with Crippen LogP contribution in [-0.4, -0.2) is 38.8 Å². The number of aromatic amines is 1. The number of ether oxygens (including phenoxy) is 3. The zero-order valence-electron chi connectivity index (χ0n) is 16.9. The Labute approximate surface area is 194 Å². The second-order valence-electron chi connectivity index (χ2n) is 7.41. The van der Waals surface area contributed by atoms with E-state index in [0.717, 1.165) is 17.1 Å². The molecule has 1 saturated heterocycles. The monoisotopic (exact) mass is 470 g/mol. The zero-order chi connectivity index (χ0) is 22.0. The Morgan fingerprint density at radius 3 is 2.62 bits per heavy atom. The Morgan fingerprint density at radius 2 is 1.94 bits per heavy atom. The summed E-state index contributed by atoms with van der Waals surface area (Å²) in [6.45, 7) is 0.999. The number of nitrogens with one attached hydrogen (secondary N) is 1. The number of aromatic nitrogens is 4. The van der Waals surface area contributed by atoms with Crippen LogP contribution in [0.1, 0.15) is 5.56 Å². The number of imidazole rings is 2. The third-order valence-electron chi connectivity index (χ3n) is 5.21. The average molecular weight is 471 g/mol. The molecule has 1 aliphatic heterocycles. The molecule has 0 radical (unpaired) electrons. The van der Waals surface area contributed by atoms with E-state index in [0.29, 0.717) is 35.4 Å². The van der Waals surface area contributed by atoms with E-state index in [4.69, 9.17) is 37.4 Å². The lowest BCUT2D eigenvalue weighted by Crippen LogP contribution is -2.35. The molecule has 5 rings (SSSR count). The third-order valence-corrected chi connectivity index (χ3v) is 5.84. The highest BCUT2D eigenvalue weighted by molar-refractivity contribution is 6.36. The zero-order valence-corrected chi connectivity index (χ0v) is 18.5. The first-order valence-electron chi connectivity index (χ1n) is 10.1. The summed E-state index contributed by atoms with van der Waals surface area (Å²) >= 11 is 13.0. The van der Waals surface area contributed by atoms with Crippen LogP contribution in [0.15, 0.2) is 73.6 Å². The molecular formula is C23H20Cl2N4O3. The molecule has 1 fully saturated rings. The van der Waals surface area contributed by atoms with E-state index < -0.39 is 5.79 Å². The van der Waals surface area contributed by atoms with Gasteiger partial charge in [0.1, 0.15) is 24.3 Å². The van der Waals surface area contributed by atoms with Crippen LogP contribution in [0.2, 0.25) is 10.0 Å². The summed E-state index contributed by atoms with van der Waals surface area (Å²) in [6, 6.07) is 13.0. The molecule has 7 nitrogen and oxygen atoms in total. The smallest absolute Gasteiger partial charge is 0.216 e. The van der Waals surface area contributed by atoms with Crippen LogP contribution in [-0.2, 0) is 21.8 Å². The highest BCUT2D eigenvalue weighted by atomic mass is 35.5. The first kappa shape index (κ1) is 21.0. The van der Waals surface area contributed by atoms with Gasteiger partial charge in [0.25, 0.3) is 0 Å². The lowest BCUT2D eigenvalue weighted by atomic mass is 10.1. The van der Waals surface area contributed by atoms with E-state index in [1.807, 2.05) is 35.0 Å². The third kappa shape index (κ3) is 4.25. The minimum Gasteiger partial charge on any atom is -0.491 e. The lowest BCUT2D eigenvalue weighted by molar-refractivity contribution is -0.189. The van der Waals surface area contributed by atoms with Crippen LogP contribution >= 0.6 is 23.2 Å². The van der Waals surface area contributed by atoms with E-state index in [9.17, 15) is 0 Å². The largest absolute Gasteiger partial charge is 0.491 e. The van der Waals surface area contributed by atoms with Crippen LogP contribution < -0.4 is 4.74 Å². The van der Waals surface area contributed by atoms with Crippen molar-refractivity contribution >= 4 is 23.2 Å². The van der Waals surface area contributed by atoms with Crippen LogP contribution in [0.25, 0.3) is 11.4 Å². The van der Waals surface area contributed by atoms with E-state index in [1.165, 1.54) is 0 Å². The Kier molecular flexibility index (Phi) is 5.89. The summed E-state index contributed by atoms with van der Waals surface area (Å²) in [5, 5.41) is 0.959. The Hall–Kier alpha value is -2.84. The van der Waals surface area contributed by atoms with Gasteiger partial charge in [-0.3, -0.25) is 0 Å². The molecule has 1 N–H and O–H groups in total. The van der Waals surface area contributed by atoms with Crippen molar-refractivity contribution < 1.29 is 14.2 Å². The van der Waals surface area contributed by atoms with E-state index in [1.54, 1.807) is 43.1 Å². The summed E-state index contributed by atoms with van der Waals surface area (Å²) in [5.74, 6) is 0.393. The summed E-state index contributed by atoms with van der Waals surface area (Å²) in [7, 11) is 0. The predicted octanol–water partition coefficient (Wildman–Crippen LogP) is 4.93. The molecule has 0 bridgehead atoms. The van der Waals surface area contributed by atoms with Crippen LogP contribution in [0, 0.1) is 0 Å². The first-order chi connectivity index (χ1) is 15.6. The predicted molar refractivity (Wildman–Crippen MR) is 121 cm³/mol. The van der Waals surface area contributed by atoms with E-state index >= 15 is 0 Å². The molecule has 9 heteroatoms. The Balaban J connectivity index is 1.31. The van der Waals surface area contributed by atoms with E-state index in [2.05, 4.69) is 15.0 Å². The molecule has 2 unspecified atom stereocenters. The van der Waals surface area contributed by atoms with Gasteiger partial charge >= 0.3 is 0 Å². The fourth-order valence-electron chi connectivity index (χ4n) is 3.74. The lowest BCUT2D eigenvalue weighted by Gasteiger charge is -2.30. The summed E-state index contributed by atoms with van der Waals surface area (Å²) in [6.07, 6.45) is 8.43. The van der Waals surface area contributed by atoms with Gasteiger partial charge in [-0.1, -0.05) is 29.3 Å². The molecule has 2 atom stereocenters. The van der Waals surface area contributed by atoms with Crippen molar-refractivity contribution in [1.29, 1.82) is 0 Å². The molecule has 2 aromatic carbocycles. The molecule has 32 heavy (non-hydrogen) atoms. The van der Waals surface area contributed by atoms with Gasteiger partial charge in [-0.05, 0) is 36.4 Å². The molecule has 2 aromatic heterocycles. The first-order valence-corrected chi connectivity index (χ1v) is 10.8. The van der Waals surface area contributed by atoms with Crippen molar-refractivity contribution in [2.24, 2.45) is 0 Å².